The Morgan fingerprint density at radius 3 is 3.00 bits per heavy atom. The summed E-state index contributed by atoms with van der Waals surface area (Å²) < 4.78 is 6.35. The molecule has 0 bridgehead atoms. The van der Waals surface area contributed by atoms with Crippen molar-refractivity contribution in [3.8, 4) is 5.82 Å². The molecule has 2 aromatic heterocycles. The number of aryl methyl sites for hydroxylation is 1. The summed E-state index contributed by atoms with van der Waals surface area (Å²) in [5.74, 6) is 1.28. The lowest BCUT2D eigenvalue weighted by molar-refractivity contribution is 0.111. The largest absolute Gasteiger partial charge is 0.359 e. The van der Waals surface area contributed by atoms with Gasteiger partial charge in [-0.15, -0.1) is 0 Å². The van der Waals surface area contributed by atoms with Gasteiger partial charge in [-0.05, 0) is 13.0 Å². The maximum absolute atomic E-state index is 10.3. The van der Waals surface area contributed by atoms with E-state index in [0.29, 0.717) is 23.6 Å². The van der Waals surface area contributed by atoms with Gasteiger partial charge in [-0.3, -0.25) is 4.79 Å². The molecule has 0 fully saturated rings. The van der Waals surface area contributed by atoms with Gasteiger partial charge in [0.1, 0.15) is 11.5 Å². The average Bonchev–Trinajstić information content (AvgIpc) is 2.71. The molecule has 0 aliphatic carbocycles. The Kier molecular flexibility index (Phi) is 1.70. The second kappa shape index (κ2) is 2.85. The van der Waals surface area contributed by atoms with E-state index in [4.69, 9.17) is 4.52 Å². The van der Waals surface area contributed by atoms with Crippen molar-refractivity contribution >= 4 is 6.29 Å². The van der Waals surface area contributed by atoms with Gasteiger partial charge in [0.25, 0.3) is 0 Å². The first-order valence-electron chi connectivity index (χ1n) is 3.74. The summed E-state index contributed by atoms with van der Waals surface area (Å²) in [4.78, 5) is 10.3. The number of carbonyl (C=O) groups is 1. The highest BCUT2D eigenvalue weighted by Gasteiger charge is 2.04. The highest BCUT2D eigenvalue weighted by Crippen LogP contribution is 2.06. The van der Waals surface area contributed by atoms with Crippen LogP contribution in [0.15, 0.2) is 22.9 Å². The molecule has 0 spiro atoms. The molecule has 0 aliphatic heterocycles. The van der Waals surface area contributed by atoms with Crippen molar-refractivity contribution in [3.63, 3.8) is 0 Å². The molecule has 0 unspecified atom stereocenters. The molecule has 0 atom stereocenters. The van der Waals surface area contributed by atoms with Crippen molar-refractivity contribution in [1.82, 2.24) is 14.9 Å². The van der Waals surface area contributed by atoms with Gasteiger partial charge in [0.2, 0.25) is 0 Å². The third kappa shape index (κ3) is 1.35. The fourth-order valence-corrected chi connectivity index (χ4v) is 0.990. The molecule has 66 valence electrons. The lowest BCUT2D eigenvalue weighted by atomic mass is 10.5. The molecular formula is C8H7N3O2. The minimum atomic E-state index is 0.376. The van der Waals surface area contributed by atoms with E-state index in [1.54, 1.807) is 25.3 Å². The van der Waals surface area contributed by atoms with Gasteiger partial charge < -0.3 is 4.52 Å². The van der Waals surface area contributed by atoms with Gasteiger partial charge in [-0.25, -0.2) is 4.68 Å². The second-order valence-electron chi connectivity index (χ2n) is 2.60. The van der Waals surface area contributed by atoms with E-state index in [2.05, 4.69) is 10.3 Å². The number of carbonyl (C=O) groups excluding carboxylic acids is 1. The summed E-state index contributed by atoms with van der Waals surface area (Å²) in [6.07, 6.45) is 2.34. The summed E-state index contributed by atoms with van der Waals surface area (Å²) >= 11 is 0. The lowest BCUT2D eigenvalue weighted by Crippen LogP contribution is -1.95. The van der Waals surface area contributed by atoms with Crippen molar-refractivity contribution in [3.05, 3.63) is 29.8 Å². The topological polar surface area (TPSA) is 60.9 Å². The van der Waals surface area contributed by atoms with Gasteiger partial charge in [-0.1, -0.05) is 5.16 Å². The van der Waals surface area contributed by atoms with E-state index < -0.39 is 0 Å². The number of aromatic nitrogens is 3. The van der Waals surface area contributed by atoms with E-state index in [1.165, 1.54) is 4.68 Å². The molecule has 0 saturated carbocycles. The molecular weight excluding hydrogens is 170 g/mol. The minimum Gasteiger partial charge on any atom is -0.359 e. The first-order valence-corrected chi connectivity index (χ1v) is 3.74. The monoisotopic (exact) mass is 177 g/mol. The van der Waals surface area contributed by atoms with Crippen LogP contribution in [0, 0.1) is 6.92 Å². The van der Waals surface area contributed by atoms with Crippen LogP contribution in [0.25, 0.3) is 5.82 Å². The van der Waals surface area contributed by atoms with Gasteiger partial charge in [-0.2, -0.15) is 5.10 Å². The number of nitrogens with zero attached hydrogens (tertiary/aromatic N) is 3. The summed E-state index contributed by atoms with van der Waals surface area (Å²) in [6, 6.07) is 3.35. The average molecular weight is 177 g/mol. The predicted octanol–water partition coefficient (Wildman–Crippen LogP) is 0.981. The van der Waals surface area contributed by atoms with E-state index in [9.17, 15) is 4.79 Å². The Bertz CT molecular complexity index is 430. The standard InChI is InChI=1S/C8H7N3O2/c1-6-4-8(10-13-6)11-3-2-7(5-12)9-11/h2-5H,1H3. The molecule has 5 nitrogen and oxygen atoms in total. The zero-order valence-corrected chi connectivity index (χ0v) is 6.97. The Morgan fingerprint density at radius 2 is 2.46 bits per heavy atom. The van der Waals surface area contributed by atoms with Gasteiger partial charge in [0, 0.05) is 12.3 Å². The Hall–Kier alpha value is -1.91. The maximum atomic E-state index is 10.3. The molecule has 0 aliphatic rings. The van der Waals surface area contributed by atoms with E-state index in [1.807, 2.05) is 0 Å². The van der Waals surface area contributed by atoms with Crippen LogP contribution in [-0.4, -0.2) is 21.2 Å². The SMILES string of the molecule is Cc1cc(-n2ccc(C=O)n2)no1. The van der Waals surface area contributed by atoms with Crippen LogP contribution < -0.4 is 0 Å². The highest BCUT2D eigenvalue weighted by molar-refractivity contribution is 5.71. The van der Waals surface area contributed by atoms with Crippen molar-refractivity contribution in [2.24, 2.45) is 0 Å². The normalized spacial score (nSPS) is 10.2. The predicted molar refractivity (Wildman–Crippen MR) is 43.7 cm³/mol. The summed E-state index contributed by atoms with van der Waals surface area (Å²) in [5, 5.41) is 7.68. The third-order valence-electron chi connectivity index (χ3n) is 1.58. The van der Waals surface area contributed by atoms with E-state index >= 15 is 0 Å². The third-order valence-corrected chi connectivity index (χ3v) is 1.58. The van der Waals surface area contributed by atoms with Crippen LogP contribution in [0.3, 0.4) is 0 Å². The molecule has 2 aromatic rings. The van der Waals surface area contributed by atoms with Crippen LogP contribution in [0.1, 0.15) is 16.2 Å². The Labute approximate surface area is 74.0 Å². The van der Waals surface area contributed by atoms with E-state index in [0.717, 1.165) is 0 Å². The van der Waals surface area contributed by atoms with Crippen LogP contribution in [0.4, 0.5) is 0 Å². The lowest BCUT2D eigenvalue weighted by Gasteiger charge is -1.89. The molecule has 0 amide bonds. The van der Waals surface area contributed by atoms with Crippen molar-refractivity contribution in [1.29, 1.82) is 0 Å². The Balaban J connectivity index is 2.40. The number of rotatable bonds is 2. The fourth-order valence-electron chi connectivity index (χ4n) is 0.990. The smallest absolute Gasteiger partial charge is 0.196 e. The molecule has 0 aromatic carbocycles. The zero-order chi connectivity index (χ0) is 9.26. The van der Waals surface area contributed by atoms with Crippen LogP contribution in [-0.2, 0) is 0 Å². The number of aldehydes is 1. The van der Waals surface area contributed by atoms with Crippen LogP contribution in [0.2, 0.25) is 0 Å². The second-order valence-corrected chi connectivity index (χ2v) is 2.60. The maximum Gasteiger partial charge on any atom is 0.196 e. The minimum absolute atomic E-state index is 0.376. The quantitative estimate of drug-likeness (QED) is 0.641. The highest BCUT2D eigenvalue weighted by atomic mass is 16.5. The molecule has 5 heteroatoms. The summed E-state index contributed by atoms with van der Waals surface area (Å²) in [5.41, 5.74) is 0.376. The fraction of sp³-hybridized carbons (Fsp3) is 0.125. The molecule has 0 radical (unpaired) electrons. The molecule has 13 heavy (non-hydrogen) atoms. The first kappa shape index (κ1) is 7.72. The van der Waals surface area contributed by atoms with E-state index in [-0.39, 0.29) is 0 Å². The molecule has 2 rings (SSSR count). The first-order chi connectivity index (χ1) is 6.29. The number of hydrogen-bond donors (Lipinski definition) is 0. The van der Waals surface area contributed by atoms with Gasteiger partial charge in [0.15, 0.2) is 12.1 Å². The summed E-state index contributed by atoms with van der Waals surface area (Å²) in [6.45, 7) is 1.79. The van der Waals surface area contributed by atoms with Crippen molar-refractivity contribution in [2.75, 3.05) is 0 Å². The zero-order valence-electron chi connectivity index (χ0n) is 6.97. The van der Waals surface area contributed by atoms with Gasteiger partial charge in [0.05, 0.1) is 0 Å². The molecule has 2 heterocycles. The van der Waals surface area contributed by atoms with Crippen LogP contribution in [0.5, 0.6) is 0 Å². The van der Waals surface area contributed by atoms with Crippen LogP contribution >= 0.6 is 0 Å². The summed E-state index contributed by atoms with van der Waals surface area (Å²) in [7, 11) is 0. The van der Waals surface area contributed by atoms with Crippen molar-refractivity contribution < 1.29 is 9.32 Å². The van der Waals surface area contributed by atoms with Crippen molar-refractivity contribution in [2.45, 2.75) is 6.92 Å². The van der Waals surface area contributed by atoms with Gasteiger partial charge >= 0.3 is 0 Å². The molecule has 0 saturated heterocycles. The number of hydrogen-bond acceptors (Lipinski definition) is 4. The molecule has 0 N–H and O–H groups in total. The Morgan fingerprint density at radius 1 is 1.62 bits per heavy atom.